The average molecular weight is 419 g/mol. The zero-order valence-electron chi connectivity index (χ0n) is 15.9. The highest BCUT2D eigenvalue weighted by molar-refractivity contribution is 6.35. The Morgan fingerprint density at radius 3 is 2.43 bits per heavy atom. The molecule has 4 nitrogen and oxygen atoms in total. The summed E-state index contributed by atoms with van der Waals surface area (Å²) in [6.07, 6.45) is 2.68. The number of likely N-dealkylation sites (tertiary alicyclic amines) is 1. The molecule has 148 valence electrons. The number of rotatable bonds is 5. The van der Waals surface area contributed by atoms with Crippen LogP contribution in [-0.4, -0.2) is 35.8 Å². The van der Waals surface area contributed by atoms with Gasteiger partial charge in [-0.2, -0.15) is 0 Å². The maximum Gasteiger partial charge on any atom is 0.255 e. The van der Waals surface area contributed by atoms with Crippen molar-refractivity contribution in [3.63, 3.8) is 0 Å². The fraction of sp³-hybridized carbons (Fsp3) is 0.364. The predicted molar refractivity (Wildman–Crippen MR) is 113 cm³/mol. The van der Waals surface area contributed by atoms with Crippen molar-refractivity contribution >= 4 is 35.0 Å². The number of carbonyl (C=O) groups excluding carboxylic acids is 2. The predicted octanol–water partition coefficient (Wildman–Crippen LogP) is 4.66. The Labute approximate surface area is 175 Å². The molecular formula is C22H24Cl2N2O2. The van der Waals surface area contributed by atoms with E-state index in [0.717, 1.165) is 19.3 Å². The van der Waals surface area contributed by atoms with E-state index in [4.69, 9.17) is 23.2 Å². The molecule has 0 bridgehead atoms. The number of carbonyl (C=O) groups is 2. The van der Waals surface area contributed by atoms with Crippen LogP contribution in [0.25, 0.3) is 0 Å². The zero-order chi connectivity index (χ0) is 20.1. The molecule has 2 aromatic carbocycles. The maximum absolute atomic E-state index is 12.7. The summed E-state index contributed by atoms with van der Waals surface area (Å²) in [6, 6.07) is 13.3. The minimum absolute atomic E-state index is 0.0586. The van der Waals surface area contributed by atoms with E-state index in [1.165, 1.54) is 11.1 Å². The Morgan fingerprint density at radius 2 is 1.75 bits per heavy atom. The van der Waals surface area contributed by atoms with Gasteiger partial charge in [-0.1, -0.05) is 53.0 Å². The van der Waals surface area contributed by atoms with E-state index in [0.29, 0.717) is 35.1 Å². The van der Waals surface area contributed by atoms with Gasteiger partial charge in [0.1, 0.15) is 0 Å². The molecular weight excluding hydrogens is 395 g/mol. The Kier molecular flexibility index (Phi) is 6.97. The highest BCUT2D eigenvalue weighted by Gasteiger charge is 2.25. The van der Waals surface area contributed by atoms with Crippen LogP contribution >= 0.6 is 23.2 Å². The van der Waals surface area contributed by atoms with Crippen molar-refractivity contribution in [2.24, 2.45) is 0 Å². The fourth-order valence-corrected chi connectivity index (χ4v) is 3.74. The molecule has 3 rings (SSSR count). The van der Waals surface area contributed by atoms with Crippen molar-refractivity contribution in [1.82, 2.24) is 10.2 Å². The molecule has 2 aromatic rings. The van der Waals surface area contributed by atoms with Gasteiger partial charge in [0.15, 0.2) is 0 Å². The monoisotopic (exact) mass is 418 g/mol. The van der Waals surface area contributed by atoms with Gasteiger partial charge in [0, 0.05) is 30.6 Å². The molecule has 1 saturated heterocycles. The molecule has 0 radical (unpaired) electrons. The summed E-state index contributed by atoms with van der Waals surface area (Å²) in [4.78, 5) is 26.7. The summed E-state index contributed by atoms with van der Waals surface area (Å²) in [5.41, 5.74) is 2.81. The van der Waals surface area contributed by atoms with Crippen LogP contribution in [0, 0.1) is 6.92 Å². The third kappa shape index (κ3) is 5.49. The molecule has 1 fully saturated rings. The molecule has 0 unspecified atom stereocenters. The summed E-state index contributed by atoms with van der Waals surface area (Å²) >= 11 is 12.1. The Morgan fingerprint density at radius 1 is 1.07 bits per heavy atom. The van der Waals surface area contributed by atoms with Gasteiger partial charge in [-0.25, -0.2) is 0 Å². The van der Waals surface area contributed by atoms with E-state index < -0.39 is 0 Å². The first-order valence-corrected chi connectivity index (χ1v) is 10.3. The van der Waals surface area contributed by atoms with E-state index in [9.17, 15) is 9.59 Å². The van der Waals surface area contributed by atoms with Crippen LogP contribution in [0.3, 0.4) is 0 Å². The second-order valence-electron chi connectivity index (χ2n) is 7.24. The van der Waals surface area contributed by atoms with Crippen molar-refractivity contribution in [3.05, 3.63) is 69.2 Å². The molecule has 28 heavy (non-hydrogen) atoms. The van der Waals surface area contributed by atoms with Gasteiger partial charge in [-0.3, -0.25) is 9.59 Å². The second-order valence-corrected chi connectivity index (χ2v) is 8.09. The van der Waals surface area contributed by atoms with Gasteiger partial charge in [-0.15, -0.1) is 0 Å². The van der Waals surface area contributed by atoms with Gasteiger partial charge in [0.05, 0.1) is 10.6 Å². The Balaban J connectivity index is 1.45. The number of halogens is 2. The van der Waals surface area contributed by atoms with Crippen molar-refractivity contribution in [2.75, 3.05) is 13.1 Å². The molecule has 1 aliphatic heterocycles. The van der Waals surface area contributed by atoms with E-state index in [1.54, 1.807) is 23.1 Å². The highest BCUT2D eigenvalue weighted by atomic mass is 35.5. The minimum atomic E-state index is -0.114. The maximum atomic E-state index is 12.7. The van der Waals surface area contributed by atoms with E-state index in [-0.39, 0.29) is 17.9 Å². The number of aryl methyl sites for hydroxylation is 2. The van der Waals surface area contributed by atoms with Crippen LogP contribution in [0.5, 0.6) is 0 Å². The first kappa shape index (κ1) is 20.7. The standard InChI is InChI=1S/C22H24Cl2N2O2/c1-15-2-4-16(5-3-15)6-9-21(27)25-18-10-12-26(13-11-18)22(28)19-14-17(23)7-8-20(19)24/h2-5,7-8,14,18H,6,9-13H2,1H3,(H,25,27). The van der Waals surface area contributed by atoms with E-state index >= 15 is 0 Å². The second kappa shape index (κ2) is 9.44. The first-order chi connectivity index (χ1) is 13.4. The molecule has 0 saturated carbocycles. The normalized spacial score (nSPS) is 14.8. The third-order valence-electron chi connectivity index (χ3n) is 5.07. The van der Waals surface area contributed by atoms with Gasteiger partial charge in [0.2, 0.25) is 5.91 Å². The summed E-state index contributed by atoms with van der Waals surface area (Å²) in [5, 5.41) is 3.99. The Hall–Kier alpha value is -2.04. The van der Waals surface area contributed by atoms with Gasteiger partial charge in [0.25, 0.3) is 5.91 Å². The molecule has 0 aliphatic carbocycles. The number of amides is 2. The molecule has 0 spiro atoms. The van der Waals surface area contributed by atoms with Crippen LogP contribution in [0.15, 0.2) is 42.5 Å². The lowest BCUT2D eigenvalue weighted by Crippen LogP contribution is -2.46. The lowest BCUT2D eigenvalue weighted by Gasteiger charge is -2.32. The summed E-state index contributed by atoms with van der Waals surface area (Å²) < 4.78 is 0. The quantitative estimate of drug-likeness (QED) is 0.767. The first-order valence-electron chi connectivity index (χ1n) is 9.51. The number of piperidine rings is 1. The van der Waals surface area contributed by atoms with Crippen molar-refractivity contribution < 1.29 is 9.59 Å². The third-order valence-corrected chi connectivity index (χ3v) is 5.63. The van der Waals surface area contributed by atoms with Gasteiger partial charge >= 0.3 is 0 Å². The number of benzene rings is 2. The van der Waals surface area contributed by atoms with Crippen molar-refractivity contribution in [3.8, 4) is 0 Å². The SMILES string of the molecule is Cc1ccc(CCC(=O)NC2CCN(C(=O)c3cc(Cl)ccc3Cl)CC2)cc1. The van der Waals surface area contributed by atoms with Crippen molar-refractivity contribution in [2.45, 2.75) is 38.6 Å². The van der Waals surface area contributed by atoms with Crippen LogP contribution in [-0.2, 0) is 11.2 Å². The number of nitrogens with one attached hydrogen (secondary N) is 1. The van der Waals surface area contributed by atoms with Crippen LogP contribution in [0.1, 0.15) is 40.7 Å². The smallest absolute Gasteiger partial charge is 0.255 e. The zero-order valence-corrected chi connectivity index (χ0v) is 17.4. The largest absolute Gasteiger partial charge is 0.353 e. The Bertz CT molecular complexity index is 844. The van der Waals surface area contributed by atoms with Gasteiger partial charge in [-0.05, 0) is 49.9 Å². The summed E-state index contributed by atoms with van der Waals surface area (Å²) in [5.74, 6) is -0.0557. The van der Waals surface area contributed by atoms with E-state index in [1.807, 2.05) is 6.92 Å². The molecule has 0 aromatic heterocycles. The molecule has 1 heterocycles. The number of hydrogen-bond acceptors (Lipinski definition) is 2. The molecule has 2 amide bonds. The van der Waals surface area contributed by atoms with Crippen LogP contribution < -0.4 is 5.32 Å². The molecule has 6 heteroatoms. The fourth-order valence-electron chi connectivity index (χ4n) is 3.37. The average Bonchev–Trinajstić information content (AvgIpc) is 2.69. The van der Waals surface area contributed by atoms with E-state index in [2.05, 4.69) is 29.6 Å². The van der Waals surface area contributed by atoms with Crippen LogP contribution in [0.4, 0.5) is 0 Å². The minimum Gasteiger partial charge on any atom is -0.353 e. The molecule has 0 atom stereocenters. The molecule has 1 aliphatic rings. The lowest BCUT2D eigenvalue weighted by atomic mass is 10.0. The molecule has 1 N–H and O–H groups in total. The topological polar surface area (TPSA) is 49.4 Å². The van der Waals surface area contributed by atoms with Crippen molar-refractivity contribution in [1.29, 1.82) is 0 Å². The number of hydrogen-bond donors (Lipinski definition) is 1. The van der Waals surface area contributed by atoms with Gasteiger partial charge < -0.3 is 10.2 Å². The highest BCUT2D eigenvalue weighted by Crippen LogP contribution is 2.23. The number of nitrogens with zero attached hydrogens (tertiary/aromatic N) is 1. The lowest BCUT2D eigenvalue weighted by molar-refractivity contribution is -0.122. The summed E-state index contributed by atoms with van der Waals surface area (Å²) in [7, 11) is 0. The summed E-state index contributed by atoms with van der Waals surface area (Å²) in [6.45, 7) is 3.23. The van der Waals surface area contributed by atoms with Crippen LogP contribution in [0.2, 0.25) is 10.0 Å².